The Hall–Kier alpha value is -0.120. The van der Waals surface area contributed by atoms with Gasteiger partial charge in [0.15, 0.2) is 0 Å². The molecular formula is C10H23N3. The molecule has 13 heavy (non-hydrogen) atoms. The number of nitrogens with zero attached hydrogens (tertiary/aromatic N) is 2. The Morgan fingerprint density at radius 2 is 2.23 bits per heavy atom. The van der Waals surface area contributed by atoms with Crippen molar-refractivity contribution in [2.24, 2.45) is 11.7 Å². The molecule has 1 rings (SSSR count). The van der Waals surface area contributed by atoms with Gasteiger partial charge in [-0.3, -0.25) is 0 Å². The largest absolute Gasteiger partial charge is 0.330 e. The summed E-state index contributed by atoms with van der Waals surface area (Å²) in [5.41, 5.74) is 5.64. The summed E-state index contributed by atoms with van der Waals surface area (Å²) in [7, 11) is 4.26. The molecule has 3 nitrogen and oxygen atoms in total. The van der Waals surface area contributed by atoms with Gasteiger partial charge in [-0.1, -0.05) is 0 Å². The van der Waals surface area contributed by atoms with Crippen molar-refractivity contribution in [1.82, 2.24) is 9.80 Å². The maximum Gasteiger partial charge on any atom is 0.00222 e. The van der Waals surface area contributed by atoms with Crippen molar-refractivity contribution in [1.29, 1.82) is 0 Å². The topological polar surface area (TPSA) is 32.5 Å². The van der Waals surface area contributed by atoms with Gasteiger partial charge in [0.25, 0.3) is 0 Å². The Bertz CT molecular complexity index is 136. The molecule has 2 N–H and O–H groups in total. The van der Waals surface area contributed by atoms with Gasteiger partial charge in [-0.15, -0.1) is 0 Å². The minimum atomic E-state index is 0.763. The second-order valence-electron chi connectivity index (χ2n) is 4.35. The van der Waals surface area contributed by atoms with E-state index in [0.717, 1.165) is 12.5 Å². The van der Waals surface area contributed by atoms with Crippen LogP contribution in [0.25, 0.3) is 0 Å². The van der Waals surface area contributed by atoms with E-state index in [1.165, 1.54) is 39.0 Å². The van der Waals surface area contributed by atoms with E-state index in [4.69, 9.17) is 5.73 Å². The van der Waals surface area contributed by atoms with Crippen molar-refractivity contribution in [3.05, 3.63) is 0 Å². The fraction of sp³-hybridized carbons (Fsp3) is 1.00. The first-order chi connectivity index (χ1) is 6.22. The van der Waals surface area contributed by atoms with Crippen LogP contribution in [-0.4, -0.2) is 56.6 Å². The molecular weight excluding hydrogens is 162 g/mol. The predicted octanol–water partition coefficient (Wildman–Crippen LogP) is 0.219. The summed E-state index contributed by atoms with van der Waals surface area (Å²) in [6, 6.07) is 0. The van der Waals surface area contributed by atoms with E-state index in [9.17, 15) is 0 Å². The van der Waals surface area contributed by atoms with Crippen molar-refractivity contribution >= 4 is 0 Å². The Morgan fingerprint density at radius 3 is 2.77 bits per heavy atom. The van der Waals surface area contributed by atoms with Gasteiger partial charge in [0, 0.05) is 6.54 Å². The summed E-state index contributed by atoms with van der Waals surface area (Å²) in [5, 5.41) is 0. The van der Waals surface area contributed by atoms with E-state index in [1.54, 1.807) is 0 Å². The number of rotatable bonds is 5. The zero-order chi connectivity index (χ0) is 9.68. The zero-order valence-electron chi connectivity index (χ0n) is 9.00. The highest BCUT2D eigenvalue weighted by Crippen LogP contribution is 2.14. The number of likely N-dealkylation sites (tertiary alicyclic amines) is 1. The van der Waals surface area contributed by atoms with Crippen LogP contribution in [0.3, 0.4) is 0 Å². The molecule has 0 aromatic heterocycles. The number of nitrogens with two attached hydrogens (primary N) is 1. The van der Waals surface area contributed by atoms with Gasteiger partial charge in [0.1, 0.15) is 0 Å². The van der Waals surface area contributed by atoms with Gasteiger partial charge in [-0.05, 0) is 59.0 Å². The highest BCUT2D eigenvalue weighted by molar-refractivity contribution is 4.75. The average molecular weight is 185 g/mol. The van der Waals surface area contributed by atoms with E-state index in [2.05, 4.69) is 23.9 Å². The van der Waals surface area contributed by atoms with Crippen LogP contribution in [-0.2, 0) is 0 Å². The van der Waals surface area contributed by atoms with Crippen LogP contribution in [0, 0.1) is 5.92 Å². The second-order valence-corrected chi connectivity index (χ2v) is 4.35. The minimum absolute atomic E-state index is 0.763. The smallest absolute Gasteiger partial charge is 0.00222 e. The lowest BCUT2D eigenvalue weighted by Gasteiger charge is -2.17. The van der Waals surface area contributed by atoms with Crippen LogP contribution in [0.4, 0.5) is 0 Å². The van der Waals surface area contributed by atoms with Gasteiger partial charge >= 0.3 is 0 Å². The molecule has 1 heterocycles. The predicted molar refractivity (Wildman–Crippen MR) is 56.8 cm³/mol. The lowest BCUT2D eigenvalue weighted by Crippen LogP contribution is -2.26. The first-order valence-corrected chi connectivity index (χ1v) is 5.29. The molecule has 1 unspecified atom stereocenters. The molecule has 0 amide bonds. The van der Waals surface area contributed by atoms with Gasteiger partial charge in [0.05, 0.1) is 0 Å². The van der Waals surface area contributed by atoms with Gasteiger partial charge in [0.2, 0.25) is 0 Å². The van der Waals surface area contributed by atoms with Crippen LogP contribution in [0.5, 0.6) is 0 Å². The van der Waals surface area contributed by atoms with Crippen molar-refractivity contribution in [2.75, 3.05) is 46.8 Å². The molecule has 1 fully saturated rings. The maximum absolute atomic E-state index is 5.64. The second kappa shape index (κ2) is 5.58. The van der Waals surface area contributed by atoms with E-state index < -0.39 is 0 Å². The molecule has 1 saturated heterocycles. The van der Waals surface area contributed by atoms with E-state index in [0.29, 0.717) is 0 Å². The first kappa shape index (κ1) is 11.0. The lowest BCUT2D eigenvalue weighted by atomic mass is 10.1. The molecule has 0 radical (unpaired) electrons. The Morgan fingerprint density at radius 1 is 1.46 bits per heavy atom. The molecule has 0 aromatic rings. The van der Waals surface area contributed by atoms with Crippen molar-refractivity contribution in [2.45, 2.75) is 12.8 Å². The van der Waals surface area contributed by atoms with Crippen LogP contribution < -0.4 is 5.73 Å². The molecule has 78 valence electrons. The van der Waals surface area contributed by atoms with Gasteiger partial charge in [-0.2, -0.15) is 0 Å². The lowest BCUT2D eigenvalue weighted by molar-refractivity contribution is 0.294. The fourth-order valence-electron chi connectivity index (χ4n) is 1.92. The van der Waals surface area contributed by atoms with Crippen LogP contribution in [0.15, 0.2) is 0 Å². The third-order valence-corrected chi connectivity index (χ3v) is 2.78. The summed E-state index contributed by atoms with van der Waals surface area (Å²) in [5.74, 6) is 0.763. The molecule has 0 aliphatic carbocycles. The summed E-state index contributed by atoms with van der Waals surface area (Å²) >= 11 is 0. The molecule has 1 aliphatic rings. The van der Waals surface area contributed by atoms with Gasteiger partial charge in [-0.25, -0.2) is 0 Å². The van der Waals surface area contributed by atoms with Crippen molar-refractivity contribution in [3.8, 4) is 0 Å². The first-order valence-electron chi connectivity index (χ1n) is 5.29. The number of hydrogen-bond donors (Lipinski definition) is 1. The van der Waals surface area contributed by atoms with E-state index in [-0.39, 0.29) is 0 Å². The highest BCUT2D eigenvalue weighted by Gasteiger charge is 2.20. The van der Waals surface area contributed by atoms with Crippen LogP contribution >= 0.6 is 0 Å². The zero-order valence-corrected chi connectivity index (χ0v) is 9.00. The standard InChI is InChI=1S/C10H23N3/c1-12(2)5-3-6-13-7-4-10(8-11)9-13/h10H,3-9,11H2,1-2H3. The summed E-state index contributed by atoms with van der Waals surface area (Å²) in [6.45, 7) is 5.79. The van der Waals surface area contributed by atoms with E-state index >= 15 is 0 Å². The normalized spacial score (nSPS) is 24.5. The molecule has 3 heteroatoms. The minimum Gasteiger partial charge on any atom is -0.330 e. The fourth-order valence-corrected chi connectivity index (χ4v) is 1.92. The third-order valence-electron chi connectivity index (χ3n) is 2.78. The maximum atomic E-state index is 5.64. The molecule has 0 saturated carbocycles. The molecule has 1 aliphatic heterocycles. The van der Waals surface area contributed by atoms with Crippen LogP contribution in [0.1, 0.15) is 12.8 Å². The molecule has 1 atom stereocenters. The Kier molecular flexibility index (Phi) is 4.70. The van der Waals surface area contributed by atoms with Gasteiger partial charge < -0.3 is 15.5 Å². The molecule has 0 aromatic carbocycles. The van der Waals surface area contributed by atoms with Crippen LogP contribution in [0.2, 0.25) is 0 Å². The monoisotopic (exact) mass is 185 g/mol. The van der Waals surface area contributed by atoms with Crippen molar-refractivity contribution < 1.29 is 0 Å². The molecule has 0 bridgehead atoms. The Balaban J connectivity index is 2.03. The number of hydrogen-bond acceptors (Lipinski definition) is 3. The van der Waals surface area contributed by atoms with Crippen molar-refractivity contribution in [3.63, 3.8) is 0 Å². The summed E-state index contributed by atoms with van der Waals surface area (Å²) < 4.78 is 0. The molecule has 0 spiro atoms. The third kappa shape index (κ3) is 4.07. The average Bonchev–Trinajstić information content (AvgIpc) is 2.52. The summed E-state index contributed by atoms with van der Waals surface area (Å²) in [4.78, 5) is 4.79. The quantitative estimate of drug-likeness (QED) is 0.665. The summed E-state index contributed by atoms with van der Waals surface area (Å²) in [6.07, 6.45) is 2.59. The highest BCUT2D eigenvalue weighted by atomic mass is 15.2. The van der Waals surface area contributed by atoms with E-state index in [1.807, 2.05) is 0 Å². The Labute approximate surface area is 81.9 Å². The SMILES string of the molecule is CN(C)CCCN1CCC(CN)C1.